The maximum absolute atomic E-state index is 12.2. The van der Waals surface area contributed by atoms with Gasteiger partial charge in [-0.3, -0.25) is 9.89 Å². The monoisotopic (exact) mass is 335 g/mol. The molecule has 3 N–H and O–H groups in total. The Bertz CT molecular complexity index is 645. The van der Waals surface area contributed by atoms with Gasteiger partial charge in [0.1, 0.15) is 11.4 Å². The molecular weight excluding hydrogens is 314 g/mol. The minimum Gasteiger partial charge on any atom is -0.496 e. The van der Waals surface area contributed by atoms with Crippen molar-refractivity contribution >= 4 is 17.7 Å². The number of thioether (sulfide) groups is 1. The number of aliphatic hydroxyl groups excluding tert-OH is 1. The Labute approximate surface area is 139 Å². The van der Waals surface area contributed by atoms with E-state index in [0.717, 1.165) is 17.7 Å². The fourth-order valence-corrected chi connectivity index (χ4v) is 2.68. The van der Waals surface area contributed by atoms with Crippen molar-refractivity contribution in [3.8, 4) is 17.0 Å². The van der Waals surface area contributed by atoms with E-state index >= 15 is 0 Å². The summed E-state index contributed by atoms with van der Waals surface area (Å²) in [6.45, 7) is -0.0835. The Hall–Kier alpha value is -1.99. The number of H-pyrrole nitrogens is 1. The Kier molecular flexibility index (Phi) is 6.49. The molecule has 0 unspecified atom stereocenters. The molecule has 0 aliphatic carbocycles. The molecule has 0 saturated heterocycles. The highest BCUT2D eigenvalue weighted by Crippen LogP contribution is 2.28. The van der Waals surface area contributed by atoms with Crippen molar-refractivity contribution in [1.82, 2.24) is 15.5 Å². The number of methoxy groups -OCH3 is 1. The molecule has 1 atom stereocenters. The predicted octanol–water partition coefficient (Wildman–Crippen LogP) is 1.93. The molecule has 0 aliphatic rings. The second kappa shape index (κ2) is 8.59. The first kappa shape index (κ1) is 17.4. The highest BCUT2D eigenvalue weighted by Gasteiger charge is 2.16. The number of rotatable bonds is 8. The predicted molar refractivity (Wildman–Crippen MR) is 91.9 cm³/mol. The molecule has 2 aromatic rings. The molecule has 0 bridgehead atoms. The zero-order valence-electron chi connectivity index (χ0n) is 13.2. The number of hydrogen-bond acceptors (Lipinski definition) is 5. The van der Waals surface area contributed by atoms with Crippen LogP contribution in [0.5, 0.6) is 5.75 Å². The van der Waals surface area contributed by atoms with Crippen LogP contribution >= 0.6 is 11.8 Å². The number of para-hydroxylation sites is 1. The number of benzene rings is 1. The fraction of sp³-hybridized carbons (Fsp3) is 0.375. The van der Waals surface area contributed by atoms with Crippen LogP contribution in [-0.2, 0) is 0 Å². The first-order chi connectivity index (χ1) is 11.2. The highest BCUT2D eigenvalue weighted by molar-refractivity contribution is 7.98. The van der Waals surface area contributed by atoms with Gasteiger partial charge in [-0.2, -0.15) is 16.9 Å². The number of aromatic amines is 1. The SMILES string of the molecule is COc1ccccc1-c1cc(C(=O)N[C@@H](CO)CCSC)[nH]n1. The second-order valence-electron chi connectivity index (χ2n) is 5.00. The summed E-state index contributed by atoms with van der Waals surface area (Å²) in [6, 6.07) is 8.90. The van der Waals surface area contributed by atoms with Crippen molar-refractivity contribution in [2.45, 2.75) is 12.5 Å². The van der Waals surface area contributed by atoms with E-state index in [1.165, 1.54) is 0 Å². The first-order valence-corrected chi connectivity index (χ1v) is 8.68. The Morgan fingerprint density at radius 3 is 2.96 bits per heavy atom. The number of carbonyl (C=O) groups is 1. The summed E-state index contributed by atoms with van der Waals surface area (Å²) >= 11 is 1.68. The van der Waals surface area contributed by atoms with Gasteiger partial charge in [-0.05, 0) is 36.6 Å². The van der Waals surface area contributed by atoms with Crippen LogP contribution in [-0.4, -0.2) is 53.0 Å². The number of ether oxygens (including phenoxy) is 1. The van der Waals surface area contributed by atoms with Gasteiger partial charge in [0.25, 0.3) is 5.91 Å². The van der Waals surface area contributed by atoms with Crippen molar-refractivity contribution in [2.24, 2.45) is 0 Å². The van der Waals surface area contributed by atoms with Crippen LogP contribution in [0.2, 0.25) is 0 Å². The third kappa shape index (κ3) is 4.49. The topological polar surface area (TPSA) is 87.2 Å². The van der Waals surface area contributed by atoms with E-state index in [2.05, 4.69) is 15.5 Å². The number of aromatic nitrogens is 2. The van der Waals surface area contributed by atoms with Gasteiger partial charge in [-0.25, -0.2) is 0 Å². The first-order valence-electron chi connectivity index (χ1n) is 7.29. The summed E-state index contributed by atoms with van der Waals surface area (Å²) in [5.41, 5.74) is 1.80. The van der Waals surface area contributed by atoms with Gasteiger partial charge in [-0.15, -0.1) is 0 Å². The van der Waals surface area contributed by atoms with Crippen LogP contribution < -0.4 is 10.1 Å². The maximum atomic E-state index is 12.2. The molecule has 124 valence electrons. The molecule has 1 amide bonds. The van der Waals surface area contributed by atoms with Crippen molar-refractivity contribution in [1.29, 1.82) is 0 Å². The van der Waals surface area contributed by atoms with E-state index in [9.17, 15) is 9.90 Å². The van der Waals surface area contributed by atoms with E-state index in [1.807, 2.05) is 30.5 Å². The summed E-state index contributed by atoms with van der Waals surface area (Å²) in [6.07, 6.45) is 2.71. The van der Waals surface area contributed by atoms with E-state index in [4.69, 9.17) is 4.74 Å². The van der Waals surface area contributed by atoms with E-state index in [0.29, 0.717) is 17.1 Å². The summed E-state index contributed by atoms with van der Waals surface area (Å²) < 4.78 is 5.31. The van der Waals surface area contributed by atoms with Crippen LogP contribution in [0, 0.1) is 0 Å². The molecule has 1 aromatic carbocycles. The molecule has 1 aromatic heterocycles. The van der Waals surface area contributed by atoms with Crippen LogP contribution in [0.3, 0.4) is 0 Å². The Morgan fingerprint density at radius 2 is 2.26 bits per heavy atom. The lowest BCUT2D eigenvalue weighted by molar-refractivity contribution is 0.0910. The quantitative estimate of drug-likeness (QED) is 0.686. The minimum atomic E-state index is -0.279. The van der Waals surface area contributed by atoms with Gasteiger partial charge in [-0.1, -0.05) is 12.1 Å². The van der Waals surface area contributed by atoms with E-state index < -0.39 is 0 Å². The molecule has 0 radical (unpaired) electrons. The number of nitrogens with one attached hydrogen (secondary N) is 2. The molecule has 23 heavy (non-hydrogen) atoms. The van der Waals surface area contributed by atoms with Gasteiger partial charge < -0.3 is 15.2 Å². The molecule has 1 heterocycles. The lowest BCUT2D eigenvalue weighted by Gasteiger charge is -2.14. The third-order valence-electron chi connectivity index (χ3n) is 3.43. The van der Waals surface area contributed by atoms with Crippen molar-refractivity contribution in [3.63, 3.8) is 0 Å². The molecule has 7 heteroatoms. The number of aliphatic hydroxyl groups is 1. The largest absolute Gasteiger partial charge is 0.496 e. The fourth-order valence-electron chi connectivity index (χ4n) is 2.16. The number of amides is 1. The van der Waals surface area contributed by atoms with Crippen molar-refractivity contribution in [3.05, 3.63) is 36.0 Å². The van der Waals surface area contributed by atoms with Gasteiger partial charge in [0, 0.05) is 5.56 Å². The summed E-state index contributed by atoms with van der Waals surface area (Å²) in [5, 5.41) is 19.1. The summed E-state index contributed by atoms with van der Waals surface area (Å²) in [5.74, 6) is 1.29. The van der Waals surface area contributed by atoms with Crippen LogP contribution in [0.1, 0.15) is 16.9 Å². The second-order valence-corrected chi connectivity index (χ2v) is 5.99. The van der Waals surface area contributed by atoms with Crippen LogP contribution in [0.4, 0.5) is 0 Å². The Morgan fingerprint density at radius 1 is 1.48 bits per heavy atom. The molecule has 0 aliphatic heterocycles. The molecule has 6 nitrogen and oxygen atoms in total. The highest BCUT2D eigenvalue weighted by atomic mass is 32.2. The van der Waals surface area contributed by atoms with Gasteiger partial charge in [0.15, 0.2) is 0 Å². The average Bonchev–Trinajstić information content (AvgIpc) is 3.08. The number of carbonyl (C=O) groups excluding carboxylic acids is 1. The van der Waals surface area contributed by atoms with Crippen molar-refractivity contribution in [2.75, 3.05) is 25.7 Å². The lowest BCUT2D eigenvalue weighted by atomic mass is 10.1. The van der Waals surface area contributed by atoms with Crippen LogP contribution in [0.25, 0.3) is 11.3 Å². The van der Waals surface area contributed by atoms with Crippen LogP contribution in [0.15, 0.2) is 30.3 Å². The maximum Gasteiger partial charge on any atom is 0.269 e. The molecular formula is C16H21N3O3S. The van der Waals surface area contributed by atoms with E-state index in [1.54, 1.807) is 24.9 Å². The van der Waals surface area contributed by atoms with Gasteiger partial charge in [0.05, 0.1) is 25.5 Å². The smallest absolute Gasteiger partial charge is 0.269 e. The number of nitrogens with zero attached hydrogens (tertiary/aromatic N) is 1. The third-order valence-corrected chi connectivity index (χ3v) is 4.08. The Balaban J connectivity index is 2.10. The normalized spacial score (nSPS) is 12.0. The molecule has 0 fully saturated rings. The molecule has 0 saturated carbocycles. The standard InChI is InChI=1S/C16H21N3O3S/c1-22-15-6-4-3-5-12(15)13-9-14(19-18-13)16(21)17-11(10-20)7-8-23-2/h3-6,9,11,20H,7-8,10H2,1-2H3,(H,17,21)(H,18,19)/t11-/m1/s1. The van der Waals surface area contributed by atoms with Gasteiger partial charge >= 0.3 is 0 Å². The molecule has 0 spiro atoms. The lowest BCUT2D eigenvalue weighted by Crippen LogP contribution is -2.38. The zero-order valence-corrected chi connectivity index (χ0v) is 14.0. The van der Waals surface area contributed by atoms with Gasteiger partial charge in [0.2, 0.25) is 0 Å². The minimum absolute atomic E-state index is 0.0835. The zero-order chi connectivity index (χ0) is 16.7. The van der Waals surface area contributed by atoms with E-state index in [-0.39, 0.29) is 18.6 Å². The summed E-state index contributed by atoms with van der Waals surface area (Å²) in [7, 11) is 1.59. The molecule has 2 rings (SSSR count). The average molecular weight is 335 g/mol. The van der Waals surface area contributed by atoms with Crippen molar-refractivity contribution < 1.29 is 14.6 Å². The summed E-state index contributed by atoms with van der Waals surface area (Å²) in [4.78, 5) is 12.2. The number of hydrogen-bond donors (Lipinski definition) is 3.